The Morgan fingerprint density at radius 1 is 1.39 bits per heavy atom. The first kappa shape index (κ1) is 13.4. The molecule has 2 rings (SSSR count). The molecule has 100 valence electrons. The van der Waals surface area contributed by atoms with Crippen LogP contribution in [0.25, 0.3) is 0 Å². The standard InChI is InChI=1S/C15H24N2O/c1-4-14-13-9-15(18-5-2)12(10-16)8-11(13)6-7-17(14)3/h8-9,14H,4-7,10,16H2,1-3H3. The Morgan fingerprint density at radius 2 is 2.17 bits per heavy atom. The Bertz CT molecular complexity index is 417. The third kappa shape index (κ3) is 2.38. The van der Waals surface area contributed by atoms with Crippen LogP contribution in [0.15, 0.2) is 12.1 Å². The fraction of sp³-hybridized carbons (Fsp3) is 0.600. The number of fused-ring (bicyclic) bond motifs is 1. The van der Waals surface area contributed by atoms with Crippen LogP contribution in [0.1, 0.15) is 43.0 Å². The molecule has 1 aromatic rings. The second-order valence-electron chi connectivity index (χ2n) is 4.95. The van der Waals surface area contributed by atoms with Gasteiger partial charge in [0.2, 0.25) is 0 Å². The molecule has 1 unspecified atom stereocenters. The quantitative estimate of drug-likeness (QED) is 0.889. The maximum Gasteiger partial charge on any atom is 0.124 e. The van der Waals surface area contributed by atoms with Gasteiger partial charge in [0, 0.05) is 24.7 Å². The van der Waals surface area contributed by atoms with E-state index in [1.807, 2.05) is 6.92 Å². The molecule has 0 radical (unpaired) electrons. The van der Waals surface area contributed by atoms with Crippen LogP contribution < -0.4 is 10.5 Å². The van der Waals surface area contributed by atoms with Crippen molar-refractivity contribution in [3.8, 4) is 5.75 Å². The number of rotatable bonds is 4. The molecule has 1 heterocycles. The molecule has 0 fully saturated rings. The summed E-state index contributed by atoms with van der Waals surface area (Å²) >= 11 is 0. The van der Waals surface area contributed by atoms with Gasteiger partial charge in [-0.2, -0.15) is 0 Å². The van der Waals surface area contributed by atoms with Crippen LogP contribution in [-0.4, -0.2) is 25.1 Å². The van der Waals surface area contributed by atoms with Crippen LogP contribution in [0, 0.1) is 0 Å². The Hall–Kier alpha value is -1.06. The van der Waals surface area contributed by atoms with Gasteiger partial charge in [-0.1, -0.05) is 13.0 Å². The first-order chi connectivity index (χ1) is 8.71. The van der Waals surface area contributed by atoms with E-state index in [4.69, 9.17) is 10.5 Å². The minimum atomic E-state index is 0.514. The van der Waals surface area contributed by atoms with Gasteiger partial charge in [-0.15, -0.1) is 0 Å². The molecule has 2 N–H and O–H groups in total. The summed E-state index contributed by atoms with van der Waals surface area (Å²) in [6.45, 7) is 6.63. The largest absolute Gasteiger partial charge is 0.494 e. The van der Waals surface area contributed by atoms with Crippen LogP contribution in [0.4, 0.5) is 0 Å². The normalized spacial score (nSPS) is 19.7. The predicted molar refractivity (Wildman–Crippen MR) is 74.9 cm³/mol. The molecule has 1 aliphatic rings. The zero-order chi connectivity index (χ0) is 13.1. The Morgan fingerprint density at radius 3 is 2.78 bits per heavy atom. The predicted octanol–water partition coefficient (Wildman–Crippen LogP) is 2.48. The molecule has 0 saturated carbocycles. The molecule has 0 amide bonds. The summed E-state index contributed by atoms with van der Waals surface area (Å²) in [4.78, 5) is 2.43. The van der Waals surface area contributed by atoms with Crippen molar-refractivity contribution in [3.05, 3.63) is 28.8 Å². The fourth-order valence-corrected chi connectivity index (χ4v) is 2.89. The van der Waals surface area contributed by atoms with Crippen LogP contribution in [0.5, 0.6) is 5.75 Å². The molecule has 18 heavy (non-hydrogen) atoms. The number of nitrogens with two attached hydrogens (primary N) is 1. The summed E-state index contributed by atoms with van der Waals surface area (Å²) in [6, 6.07) is 4.97. The topological polar surface area (TPSA) is 38.5 Å². The lowest BCUT2D eigenvalue weighted by Gasteiger charge is -2.34. The molecule has 3 heteroatoms. The van der Waals surface area contributed by atoms with Gasteiger partial charge in [-0.3, -0.25) is 4.90 Å². The van der Waals surface area contributed by atoms with Crippen LogP contribution in [0.3, 0.4) is 0 Å². The number of hydrogen-bond acceptors (Lipinski definition) is 3. The van der Waals surface area contributed by atoms with Crippen molar-refractivity contribution in [1.82, 2.24) is 4.90 Å². The number of hydrogen-bond donors (Lipinski definition) is 1. The Kier molecular flexibility index (Phi) is 4.25. The minimum Gasteiger partial charge on any atom is -0.494 e. The summed E-state index contributed by atoms with van der Waals surface area (Å²) < 4.78 is 5.72. The molecule has 0 saturated heterocycles. The summed E-state index contributed by atoms with van der Waals surface area (Å²) in [5, 5.41) is 0. The molecule has 0 aromatic heterocycles. The van der Waals surface area contributed by atoms with Gasteiger partial charge in [0.05, 0.1) is 6.61 Å². The number of nitrogens with zero attached hydrogens (tertiary/aromatic N) is 1. The van der Waals surface area contributed by atoms with Crippen molar-refractivity contribution in [2.75, 3.05) is 20.2 Å². The molecule has 0 spiro atoms. The average molecular weight is 248 g/mol. The molecule has 1 atom stereocenters. The summed E-state index contributed by atoms with van der Waals surface area (Å²) in [6.07, 6.45) is 2.25. The summed E-state index contributed by atoms with van der Waals surface area (Å²) in [5.74, 6) is 0.965. The van der Waals surface area contributed by atoms with Crippen LogP contribution in [-0.2, 0) is 13.0 Å². The van der Waals surface area contributed by atoms with Gasteiger partial charge in [0.25, 0.3) is 0 Å². The minimum absolute atomic E-state index is 0.514. The molecule has 1 aromatic carbocycles. The number of ether oxygens (including phenoxy) is 1. The van der Waals surface area contributed by atoms with Crippen molar-refractivity contribution in [2.24, 2.45) is 5.73 Å². The van der Waals surface area contributed by atoms with Crippen LogP contribution in [0.2, 0.25) is 0 Å². The Labute approximate surface area is 110 Å². The molecule has 1 aliphatic heterocycles. The van der Waals surface area contributed by atoms with E-state index < -0.39 is 0 Å². The lowest BCUT2D eigenvalue weighted by molar-refractivity contribution is 0.224. The smallest absolute Gasteiger partial charge is 0.124 e. The highest BCUT2D eigenvalue weighted by atomic mass is 16.5. The third-order valence-electron chi connectivity index (χ3n) is 3.85. The van der Waals surface area contributed by atoms with E-state index in [0.717, 1.165) is 30.7 Å². The first-order valence-corrected chi connectivity index (χ1v) is 6.90. The zero-order valence-electron chi connectivity index (χ0n) is 11.7. The van der Waals surface area contributed by atoms with E-state index in [0.29, 0.717) is 19.2 Å². The molecule has 0 aliphatic carbocycles. The maximum absolute atomic E-state index is 5.82. The number of benzene rings is 1. The fourth-order valence-electron chi connectivity index (χ4n) is 2.89. The second-order valence-corrected chi connectivity index (χ2v) is 4.95. The van der Waals surface area contributed by atoms with Crippen LogP contribution >= 0.6 is 0 Å². The van der Waals surface area contributed by atoms with Gasteiger partial charge in [0.1, 0.15) is 5.75 Å². The van der Waals surface area contributed by atoms with E-state index in [1.165, 1.54) is 11.1 Å². The van der Waals surface area contributed by atoms with Crippen molar-refractivity contribution in [2.45, 2.75) is 39.3 Å². The van der Waals surface area contributed by atoms with E-state index in [9.17, 15) is 0 Å². The van der Waals surface area contributed by atoms with Gasteiger partial charge in [0.15, 0.2) is 0 Å². The summed E-state index contributed by atoms with van der Waals surface area (Å²) in [5.41, 5.74) is 9.82. The monoisotopic (exact) mass is 248 g/mol. The van der Waals surface area contributed by atoms with Crippen molar-refractivity contribution >= 4 is 0 Å². The first-order valence-electron chi connectivity index (χ1n) is 6.90. The van der Waals surface area contributed by atoms with Crippen molar-refractivity contribution in [3.63, 3.8) is 0 Å². The second kappa shape index (κ2) is 5.72. The molecule has 0 bridgehead atoms. The van der Waals surface area contributed by atoms with Gasteiger partial charge in [-0.05, 0) is 44.0 Å². The van der Waals surface area contributed by atoms with E-state index in [-0.39, 0.29) is 0 Å². The highest BCUT2D eigenvalue weighted by Crippen LogP contribution is 2.35. The highest BCUT2D eigenvalue weighted by molar-refractivity contribution is 5.45. The number of likely N-dealkylation sites (N-methyl/N-ethyl adjacent to an activating group) is 1. The van der Waals surface area contributed by atoms with E-state index in [1.54, 1.807) is 0 Å². The lowest BCUT2D eigenvalue weighted by Crippen LogP contribution is -2.32. The lowest BCUT2D eigenvalue weighted by atomic mass is 9.89. The van der Waals surface area contributed by atoms with Gasteiger partial charge < -0.3 is 10.5 Å². The van der Waals surface area contributed by atoms with Crippen molar-refractivity contribution in [1.29, 1.82) is 0 Å². The third-order valence-corrected chi connectivity index (χ3v) is 3.85. The van der Waals surface area contributed by atoms with Gasteiger partial charge in [-0.25, -0.2) is 0 Å². The zero-order valence-corrected chi connectivity index (χ0v) is 11.7. The van der Waals surface area contributed by atoms with Crippen molar-refractivity contribution < 1.29 is 4.74 Å². The highest BCUT2D eigenvalue weighted by Gasteiger charge is 2.24. The Balaban J connectivity index is 2.44. The molecular formula is C15H24N2O. The van der Waals surface area contributed by atoms with E-state index in [2.05, 4.69) is 31.0 Å². The molecular weight excluding hydrogens is 224 g/mol. The SMILES string of the molecule is CCOc1cc2c(cc1CN)CCN(C)C2CC. The van der Waals surface area contributed by atoms with E-state index >= 15 is 0 Å². The molecule has 3 nitrogen and oxygen atoms in total. The van der Waals surface area contributed by atoms with Gasteiger partial charge >= 0.3 is 0 Å². The summed E-state index contributed by atoms with van der Waals surface area (Å²) in [7, 11) is 2.20. The average Bonchev–Trinajstić information content (AvgIpc) is 2.38. The maximum atomic E-state index is 5.82.